The highest BCUT2D eigenvalue weighted by Gasteiger charge is 2.16. The smallest absolute Gasteiger partial charge is 0.339 e. The standard InChI is InChI=1S/C14H16N4O2/c1-9-4-3-5-11(17-9)8-18(2)13-12(14(19)20)6-10(15)7-16-13/h3-7H,8,15H2,1-2H3,(H,19,20). The summed E-state index contributed by atoms with van der Waals surface area (Å²) in [6.45, 7) is 2.38. The number of carboxylic acids is 1. The number of nitrogens with two attached hydrogens (primary N) is 1. The van der Waals surface area contributed by atoms with Crippen molar-refractivity contribution in [3.8, 4) is 0 Å². The molecule has 0 saturated carbocycles. The Morgan fingerprint density at radius 3 is 2.85 bits per heavy atom. The van der Waals surface area contributed by atoms with E-state index in [2.05, 4.69) is 9.97 Å². The monoisotopic (exact) mass is 272 g/mol. The van der Waals surface area contributed by atoms with Crippen LogP contribution >= 0.6 is 0 Å². The first kappa shape index (κ1) is 13.8. The average molecular weight is 272 g/mol. The van der Waals surface area contributed by atoms with E-state index in [-0.39, 0.29) is 5.56 Å². The van der Waals surface area contributed by atoms with Gasteiger partial charge in [-0.25, -0.2) is 9.78 Å². The molecule has 2 aromatic rings. The number of anilines is 2. The summed E-state index contributed by atoms with van der Waals surface area (Å²) >= 11 is 0. The second-order valence-corrected chi connectivity index (χ2v) is 4.57. The zero-order valence-corrected chi connectivity index (χ0v) is 11.4. The zero-order chi connectivity index (χ0) is 14.7. The molecule has 0 aromatic carbocycles. The van der Waals surface area contributed by atoms with E-state index < -0.39 is 5.97 Å². The Hall–Kier alpha value is -2.63. The number of pyridine rings is 2. The lowest BCUT2D eigenvalue weighted by Crippen LogP contribution is -2.21. The molecule has 6 nitrogen and oxygen atoms in total. The van der Waals surface area contributed by atoms with E-state index >= 15 is 0 Å². The maximum atomic E-state index is 11.2. The van der Waals surface area contributed by atoms with Crippen molar-refractivity contribution in [2.75, 3.05) is 17.7 Å². The van der Waals surface area contributed by atoms with E-state index in [1.807, 2.05) is 25.1 Å². The minimum Gasteiger partial charge on any atom is -0.478 e. The van der Waals surface area contributed by atoms with Crippen molar-refractivity contribution < 1.29 is 9.90 Å². The molecule has 6 heteroatoms. The first-order chi connectivity index (χ1) is 9.47. The van der Waals surface area contributed by atoms with Crippen LogP contribution in [0, 0.1) is 6.92 Å². The van der Waals surface area contributed by atoms with Gasteiger partial charge in [0.25, 0.3) is 0 Å². The molecule has 0 saturated heterocycles. The van der Waals surface area contributed by atoms with Crippen molar-refractivity contribution in [3.05, 3.63) is 47.4 Å². The molecule has 0 atom stereocenters. The maximum Gasteiger partial charge on any atom is 0.339 e. The number of nitrogen functional groups attached to an aromatic ring is 1. The van der Waals surface area contributed by atoms with E-state index in [0.717, 1.165) is 11.4 Å². The van der Waals surface area contributed by atoms with Crippen LogP contribution in [0.2, 0.25) is 0 Å². The molecule has 0 fully saturated rings. The summed E-state index contributed by atoms with van der Waals surface area (Å²) in [5.74, 6) is -0.682. The van der Waals surface area contributed by atoms with Crippen LogP contribution in [0.5, 0.6) is 0 Å². The van der Waals surface area contributed by atoms with Gasteiger partial charge < -0.3 is 15.7 Å². The Morgan fingerprint density at radius 1 is 1.45 bits per heavy atom. The molecule has 104 valence electrons. The van der Waals surface area contributed by atoms with Crippen LogP contribution in [-0.4, -0.2) is 28.1 Å². The molecule has 20 heavy (non-hydrogen) atoms. The van der Waals surface area contributed by atoms with Gasteiger partial charge in [0.05, 0.1) is 24.1 Å². The number of carbonyl (C=O) groups is 1. The van der Waals surface area contributed by atoms with Crippen LogP contribution in [0.1, 0.15) is 21.7 Å². The first-order valence-corrected chi connectivity index (χ1v) is 6.10. The Labute approximate surface area is 116 Å². The molecule has 2 heterocycles. The SMILES string of the molecule is Cc1cccc(CN(C)c2ncc(N)cc2C(=O)O)n1. The molecular formula is C14H16N4O2. The van der Waals surface area contributed by atoms with E-state index in [4.69, 9.17) is 5.73 Å². The molecular weight excluding hydrogens is 256 g/mol. The molecule has 0 aliphatic heterocycles. The fourth-order valence-electron chi connectivity index (χ4n) is 1.94. The van der Waals surface area contributed by atoms with Crippen molar-refractivity contribution >= 4 is 17.5 Å². The van der Waals surface area contributed by atoms with Crippen molar-refractivity contribution in [2.45, 2.75) is 13.5 Å². The number of rotatable bonds is 4. The Bertz CT molecular complexity index is 643. The number of carboxylic acid groups (broad SMARTS) is 1. The minimum atomic E-state index is -1.05. The van der Waals surface area contributed by atoms with Gasteiger partial charge in [-0.2, -0.15) is 0 Å². The highest BCUT2D eigenvalue weighted by Crippen LogP contribution is 2.20. The summed E-state index contributed by atoms with van der Waals surface area (Å²) in [4.78, 5) is 21.5. The number of aryl methyl sites for hydroxylation is 1. The van der Waals surface area contributed by atoms with Gasteiger partial charge in [0.2, 0.25) is 0 Å². The van der Waals surface area contributed by atoms with Crippen molar-refractivity contribution in [2.24, 2.45) is 0 Å². The van der Waals surface area contributed by atoms with E-state index in [9.17, 15) is 9.90 Å². The first-order valence-electron chi connectivity index (χ1n) is 6.10. The van der Waals surface area contributed by atoms with Gasteiger partial charge in [-0.3, -0.25) is 4.98 Å². The third kappa shape index (κ3) is 3.03. The zero-order valence-electron chi connectivity index (χ0n) is 11.4. The molecule has 0 spiro atoms. The largest absolute Gasteiger partial charge is 0.478 e. The minimum absolute atomic E-state index is 0.0835. The Morgan fingerprint density at radius 2 is 2.20 bits per heavy atom. The highest BCUT2D eigenvalue weighted by atomic mass is 16.4. The molecule has 0 radical (unpaired) electrons. The maximum absolute atomic E-state index is 11.2. The van der Waals surface area contributed by atoms with Gasteiger partial charge in [0.1, 0.15) is 11.4 Å². The summed E-state index contributed by atoms with van der Waals surface area (Å²) in [5, 5.41) is 9.21. The molecule has 2 rings (SSSR count). The summed E-state index contributed by atoms with van der Waals surface area (Å²) in [5.41, 5.74) is 7.76. The van der Waals surface area contributed by atoms with Gasteiger partial charge in [-0.1, -0.05) is 6.07 Å². The highest BCUT2D eigenvalue weighted by molar-refractivity contribution is 5.94. The molecule has 0 aliphatic rings. The van der Waals surface area contributed by atoms with E-state index in [1.54, 1.807) is 11.9 Å². The average Bonchev–Trinajstić information content (AvgIpc) is 2.38. The van der Waals surface area contributed by atoms with Crippen LogP contribution < -0.4 is 10.6 Å². The van der Waals surface area contributed by atoms with Crippen molar-refractivity contribution in [1.82, 2.24) is 9.97 Å². The summed E-state index contributed by atoms with van der Waals surface area (Å²) in [7, 11) is 1.77. The number of hydrogen-bond donors (Lipinski definition) is 2. The topological polar surface area (TPSA) is 92.3 Å². The van der Waals surface area contributed by atoms with Crippen LogP contribution in [0.25, 0.3) is 0 Å². The predicted octanol–water partition coefficient (Wildman–Crippen LogP) is 1.70. The lowest BCUT2D eigenvalue weighted by molar-refractivity contribution is 0.0697. The summed E-state index contributed by atoms with van der Waals surface area (Å²) in [6, 6.07) is 7.12. The molecule has 0 amide bonds. The van der Waals surface area contributed by atoms with Crippen LogP contribution in [0.3, 0.4) is 0 Å². The van der Waals surface area contributed by atoms with Gasteiger partial charge in [0.15, 0.2) is 0 Å². The number of aromatic carboxylic acids is 1. The van der Waals surface area contributed by atoms with Gasteiger partial charge in [-0.05, 0) is 25.1 Å². The van der Waals surface area contributed by atoms with Gasteiger partial charge in [0, 0.05) is 12.7 Å². The predicted molar refractivity (Wildman–Crippen MR) is 76.7 cm³/mol. The lowest BCUT2D eigenvalue weighted by atomic mass is 10.2. The second-order valence-electron chi connectivity index (χ2n) is 4.57. The third-order valence-corrected chi connectivity index (χ3v) is 2.82. The molecule has 3 N–H and O–H groups in total. The third-order valence-electron chi connectivity index (χ3n) is 2.82. The molecule has 0 unspecified atom stereocenters. The number of nitrogens with zero attached hydrogens (tertiary/aromatic N) is 3. The number of aromatic nitrogens is 2. The van der Waals surface area contributed by atoms with Crippen LogP contribution in [-0.2, 0) is 6.54 Å². The van der Waals surface area contributed by atoms with Crippen molar-refractivity contribution in [1.29, 1.82) is 0 Å². The fraction of sp³-hybridized carbons (Fsp3) is 0.214. The van der Waals surface area contributed by atoms with Crippen molar-refractivity contribution in [3.63, 3.8) is 0 Å². The van der Waals surface area contributed by atoms with Crippen LogP contribution in [0.15, 0.2) is 30.5 Å². The Kier molecular flexibility index (Phi) is 3.84. The summed E-state index contributed by atoms with van der Waals surface area (Å²) < 4.78 is 0. The molecule has 0 aliphatic carbocycles. The van der Waals surface area contributed by atoms with E-state index in [1.165, 1.54) is 12.3 Å². The molecule has 2 aromatic heterocycles. The van der Waals surface area contributed by atoms with Crippen LogP contribution in [0.4, 0.5) is 11.5 Å². The lowest BCUT2D eigenvalue weighted by Gasteiger charge is -2.19. The normalized spacial score (nSPS) is 10.3. The second kappa shape index (κ2) is 5.56. The van der Waals surface area contributed by atoms with Gasteiger partial charge >= 0.3 is 5.97 Å². The molecule has 0 bridgehead atoms. The van der Waals surface area contributed by atoms with Gasteiger partial charge in [-0.15, -0.1) is 0 Å². The van der Waals surface area contributed by atoms with E-state index in [0.29, 0.717) is 18.1 Å². The Balaban J connectivity index is 2.29. The fourth-order valence-corrected chi connectivity index (χ4v) is 1.94. The quantitative estimate of drug-likeness (QED) is 0.880. The number of hydrogen-bond acceptors (Lipinski definition) is 5. The summed E-state index contributed by atoms with van der Waals surface area (Å²) in [6.07, 6.45) is 1.45.